The number of likely N-dealkylation sites (tertiary alicyclic amines) is 1. The van der Waals surface area contributed by atoms with Gasteiger partial charge in [0.1, 0.15) is 0 Å². The van der Waals surface area contributed by atoms with Gasteiger partial charge in [0.15, 0.2) is 0 Å². The van der Waals surface area contributed by atoms with E-state index in [-0.39, 0.29) is 17.2 Å². The lowest BCUT2D eigenvalue weighted by atomic mass is 9.94. The van der Waals surface area contributed by atoms with Gasteiger partial charge in [-0.1, -0.05) is 20.8 Å². The van der Waals surface area contributed by atoms with Crippen LogP contribution in [0.1, 0.15) is 50.4 Å². The summed E-state index contributed by atoms with van der Waals surface area (Å²) in [5, 5.41) is 0. The summed E-state index contributed by atoms with van der Waals surface area (Å²) < 4.78 is 0. The Bertz CT molecular complexity index is 634. The van der Waals surface area contributed by atoms with E-state index in [4.69, 9.17) is 0 Å². The number of piperidine rings is 1. The first-order chi connectivity index (χ1) is 12.4. The van der Waals surface area contributed by atoms with Crippen molar-refractivity contribution in [3.8, 4) is 0 Å². The van der Waals surface area contributed by atoms with Gasteiger partial charge in [0, 0.05) is 55.9 Å². The van der Waals surface area contributed by atoms with Crippen LogP contribution in [-0.4, -0.2) is 60.9 Å². The molecule has 2 aliphatic rings. The normalized spacial score (nSPS) is 18.8. The van der Waals surface area contributed by atoms with E-state index in [2.05, 4.69) is 4.90 Å². The molecule has 142 valence electrons. The maximum Gasteiger partial charge on any atom is 0.253 e. The van der Waals surface area contributed by atoms with E-state index in [9.17, 15) is 9.59 Å². The minimum Gasteiger partial charge on any atom is -0.368 e. The molecule has 2 amide bonds. The zero-order valence-corrected chi connectivity index (χ0v) is 16.3. The van der Waals surface area contributed by atoms with Gasteiger partial charge < -0.3 is 14.7 Å². The zero-order chi connectivity index (χ0) is 18.7. The summed E-state index contributed by atoms with van der Waals surface area (Å²) in [6, 6.07) is 7.97. The molecular formula is C21H31N3O2. The smallest absolute Gasteiger partial charge is 0.253 e. The highest BCUT2D eigenvalue weighted by atomic mass is 16.2. The van der Waals surface area contributed by atoms with Gasteiger partial charge >= 0.3 is 0 Å². The number of carbonyl (C=O) groups excluding carboxylic acids is 2. The largest absolute Gasteiger partial charge is 0.368 e. The van der Waals surface area contributed by atoms with Gasteiger partial charge in [-0.25, -0.2) is 0 Å². The molecule has 1 aromatic carbocycles. The summed E-state index contributed by atoms with van der Waals surface area (Å²) in [7, 11) is 0. The van der Waals surface area contributed by atoms with Crippen molar-refractivity contribution in [2.75, 3.05) is 44.2 Å². The van der Waals surface area contributed by atoms with Crippen LogP contribution in [0.25, 0.3) is 0 Å². The van der Waals surface area contributed by atoms with Crippen molar-refractivity contribution >= 4 is 17.5 Å². The van der Waals surface area contributed by atoms with Gasteiger partial charge in [0.05, 0.1) is 0 Å². The van der Waals surface area contributed by atoms with Crippen LogP contribution < -0.4 is 4.90 Å². The number of hydrogen-bond acceptors (Lipinski definition) is 3. The van der Waals surface area contributed by atoms with Crippen LogP contribution in [0.2, 0.25) is 0 Å². The lowest BCUT2D eigenvalue weighted by molar-refractivity contribution is -0.139. The van der Waals surface area contributed by atoms with Crippen molar-refractivity contribution in [1.82, 2.24) is 9.80 Å². The molecule has 0 radical (unpaired) electrons. The van der Waals surface area contributed by atoms with Crippen molar-refractivity contribution < 1.29 is 9.59 Å². The lowest BCUT2D eigenvalue weighted by Crippen LogP contribution is -2.51. The number of carbonyl (C=O) groups is 2. The molecule has 0 saturated carbocycles. The Hall–Kier alpha value is -2.04. The zero-order valence-electron chi connectivity index (χ0n) is 16.3. The van der Waals surface area contributed by atoms with Gasteiger partial charge in [-0.3, -0.25) is 9.59 Å². The summed E-state index contributed by atoms with van der Waals surface area (Å²) in [6.45, 7) is 10.9. The molecule has 0 unspecified atom stereocenters. The molecule has 3 rings (SSSR count). The van der Waals surface area contributed by atoms with Crippen molar-refractivity contribution in [1.29, 1.82) is 0 Å². The summed E-state index contributed by atoms with van der Waals surface area (Å²) in [5.74, 6) is 0.372. The fourth-order valence-electron chi connectivity index (χ4n) is 3.74. The van der Waals surface area contributed by atoms with Crippen LogP contribution in [-0.2, 0) is 4.79 Å². The van der Waals surface area contributed by atoms with Crippen LogP contribution in [0.3, 0.4) is 0 Å². The van der Waals surface area contributed by atoms with Gasteiger partial charge in [-0.05, 0) is 43.5 Å². The number of rotatable bonds is 2. The summed E-state index contributed by atoms with van der Waals surface area (Å²) in [5.41, 5.74) is 1.58. The number of hydrogen-bond donors (Lipinski definition) is 0. The van der Waals surface area contributed by atoms with Gasteiger partial charge in [0.2, 0.25) is 5.91 Å². The molecule has 0 aliphatic carbocycles. The SMILES string of the molecule is CC(C)(C)C(=O)N1CCN(c2ccc(C(=O)N3CCCCC3)cc2)CC1. The van der Waals surface area contributed by atoms with Crippen LogP contribution in [0.5, 0.6) is 0 Å². The average molecular weight is 357 g/mol. The minimum absolute atomic E-state index is 0.150. The third kappa shape index (κ3) is 4.19. The molecule has 0 bridgehead atoms. The molecule has 5 nitrogen and oxygen atoms in total. The van der Waals surface area contributed by atoms with Crippen molar-refractivity contribution in [2.45, 2.75) is 40.0 Å². The molecule has 2 fully saturated rings. The summed E-state index contributed by atoms with van der Waals surface area (Å²) >= 11 is 0. The fourth-order valence-corrected chi connectivity index (χ4v) is 3.74. The van der Waals surface area contributed by atoms with E-state index in [1.54, 1.807) is 0 Å². The molecule has 0 spiro atoms. The molecule has 0 atom stereocenters. The molecule has 26 heavy (non-hydrogen) atoms. The van der Waals surface area contributed by atoms with Crippen molar-refractivity contribution in [3.63, 3.8) is 0 Å². The van der Waals surface area contributed by atoms with Gasteiger partial charge in [0.25, 0.3) is 5.91 Å². The monoisotopic (exact) mass is 357 g/mol. The molecule has 0 N–H and O–H groups in total. The Balaban J connectivity index is 1.58. The lowest BCUT2D eigenvalue weighted by Gasteiger charge is -2.38. The molecule has 2 heterocycles. The number of piperazine rings is 1. The maximum atomic E-state index is 12.6. The predicted octanol–water partition coefficient (Wildman–Crippen LogP) is 3.01. The minimum atomic E-state index is -0.321. The van der Waals surface area contributed by atoms with E-state index in [0.717, 1.165) is 63.4 Å². The highest BCUT2D eigenvalue weighted by Gasteiger charge is 2.29. The van der Waals surface area contributed by atoms with Gasteiger partial charge in [-0.2, -0.15) is 0 Å². The first-order valence-corrected chi connectivity index (χ1v) is 9.80. The standard InChI is InChI=1S/C21H31N3O2/c1-21(2,3)20(26)24-15-13-22(14-16-24)18-9-7-17(8-10-18)19(25)23-11-5-4-6-12-23/h7-10H,4-6,11-16H2,1-3H3. The quantitative estimate of drug-likeness (QED) is 0.817. The Morgan fingerprint density at radius 1 is 0.769 bits per heavy atom. The van der Waals surface area contributed by atoms with E-state index in [0.29, 0.717) is 0 Å². The maximum absolute atomic E-state index is 12.6. The third-order valence-electron chi connectivity index (χ3n) is 5.33. The van der Waals surface area contributed by atoms with Crippen LogP contribution in [0.15, 0.2) is 24.3 Å². The Morgan fingerprint density at radius 3 is 1.88 bits per heavy atom. The second-order valence-corrected chi connectivity index (χ2v) is 8.43. The highest BCUT2D eigenvalue weighted by Crippen LogP contribution is 2.22. The summed E-state index contributed by atoms with van der Waals surface area (Å²) in [6.07, 6.45) is 3.45. The Labute approximate surface area is 156 Å². The number of nitrogens with zero attached hydrogens (tertiary/aromatic N) is 3. The van der Waals surface area contributed by atoms with E-state index in [1.807, 2.05) is 54.8 Å². The first-order valence-electron chi connectivity index (χ1n) is 9.80. The van der Waals surface area contributed by atoms with E-state index in [1.165, 1.54) is 6.42 Å². The Morgan fingerprint density at radius 2 is 1.35 bits per heavy atom. The molecule has 2 aliphatic heterocycles. The predicted molar refractivity (Wildman–Crippen MR) is 104 cm³/mol. The van der Waals surface area contributed by atoms with Gasteiger partial charge in [-0.15, -0.1) is 0 Å². The second-order valence-electron chi connectivity index (χ2n) is 8.43. The van der Waals surface area contributed by atoms with Crippen LogP contribution in [0, 0.1) is 5.41 Å². The highest BCUT2D eigenvalue weighted by molar-refractivity contribution is 5.94. The second kappa shape index (κ2) is 7.68. The topological polar surface area (TPSA) is 43.9 Å². The first kappa shape index (κ1) is 18.7. The molecule has 2 saturated heterocycles. The molecule has 5 heteroatoms. The van der Waals surface area contributed by atoms with Crippen molar-refractivity contribution in [3.05, 3.63) is 29.8 Å². The average Bonchev–Trinajstić information content (AvgIpc) is 2.67. The molecular weight excluding hydrogens is 326 g/mol. The van der Waals surface area contributed by atoms with Crippen LogP contribution in [0.4, 0.5) is 5.69 Å². The third-order valence-corrected chi connectivity index (χ3v) is 5.33. The number of benzene rings is 1. The molecule has 1 aromatic rings. The van der Waals surface area contributed by atoms with E-state index >= 15 is 0 Å². The fraction of sp³-hybridized carbons (Fsp3) is 0.619. The van der Waals surface area contributed by atoms with Crippen molar-refractivity contribution in [2.24, 2.45) is 5.41 Å². The molecule has 0 aromatic heterocycles. The van der Waals surface area contributed by atoms with E-state index < -0.39 is 0 Å². The Kier molecular flexibility index (Phi) is 5.54. The number of amides is 2. The number of anilines is 1. The summed E-state index contributed by atoms with van der Waals surface area (Å²) in [4.78, 5) is 31.2. The van der Waals surface area contributed by atoms with Crippen LogP contribution >= 0.6 is 0 Å².